The summed E-state index contributed by atoms with van der Waals surface area (Å²) in [6, 6.07) is 2.13. The fraction of sp³-hybridized carbons (Fsp3) is 0.571. The van der Waals surface area contributed by atoms with Crippen molar-refractivity contribution in [1.29, 1.82) is 0 Å². The molecule has 0 aliphatic carbocycles. The van der Waals surface area contributed by atoms with Crippen molar-refractivity contribution in [2.75, 3.05) is 47.1 Å². The summed E-state index contributed by atoms with van der Waals surface area (Å²) in [5.74, 6) is 0.618. The van der Waals surface area contributed by atoms with Crippen LogP contribution >= 0.6 is 24.8 Å². The van der Waals surface area contributed by atoms with Gasteiger partial charge in [-0.3, -0.25) is 15.0 Å². The van der Waals surface area contributed by atoms with Crippen LogP contribution in [0, 0.1) is 10.1 Å². The van der Waals surface area contributed by atoms with Crippen LogP contribution in [0.5, 0.6) is 11.5 Å². The number of benzene rings is 1. The highest BCUT2D eigenvalue weighted by Gasteiger charge is 2.30. The van der Waals surface area contributed by atoms with Gasteiger partial charge in [-0.1, -0.05) is 0 Å². The van der Waals surface area contributed by atoms with Gasteiger partial charge in [-0.05, 0) is 6.07 Å². The Morgan fingerprint density at radius 3 is 2.25 bits per heavy atom. The number of nitro groups is 1. The maximum absolute atomic E-state index is 13.6. The van der Waals surface area contributed by atoms with E-state index in [-0.39, 0.29) is 36.3 Å². The van der Waals surface area contributed by atoms with E-state index in [1.165, 1.54) is 26.4 Å². The van der Waals surface area contributed by atoms with Crippen LogP contribution in [0.3, 0.4) is 0 Å². The van der Waals surface area contributed by atoms with E-state index in [2.05, 4.69) is 5.32 Å². The third kappa shape index (κ3) is 4.83. The number of nitrogens with zero attached hydrogens (tertiary/aromatic N) is 2. The normalized spacial score (nSPS) is 15.6. The maximum Gasteiger partial charge on any atom is 0.278 e. The van der Waals surface area contributed by atoms with Crippen molar-refractivity contribution in [2.24, 2.45) is 0 Å². The Kier molecular flexibility index (Phi) is 9.91. The molecule has 1 N–H and O–H groups in total. The van der Waals surface area contributed by atoms with Gasteiger partial charge in [0.15, 0.2) is 11.5 Å². The van der Waals surface area contributed by atoms with E-state index in [1.54, 1.807) is 0 Å². The van der Waals surface area contributed by atoms with Gasteiger partial charge in [0.05, 0.1) is 36.8 Å². The average molecular weight is 386 g/mol. The Morgan fingerprint density at radius 2 is 1.79 bits per heavy atom. The molecule has 0 aromatic heterocycles. The van der Waals surface area contributed by atoms with Gasteiger partial charge in [0.1, 0.15) is 6.67 Å². The first-order chi connectivity index (χ1) is 10.6. The summed E-state index contributed by atoms with van der Waals surface area (Å²) < 4.78 is 23.9. The SMILES string of the molecule is COc1cc([C@H](CF)N2CCNCC2)c([N+](=O)[O-])cc1OC.Cl.Cl. The highest BCUT2D eigenvalue weighted by atomic mass is 35.5. The van der Waals surface area contributed by atoms with Crippen LogP contribution in [0.15, 0.2) is 12.1 Å². The molecule has 7 nitrogen and oxygen atoms in total. The van der Waals surface area contributed by atoms with Crippen LogP contribution in [0.4, 0.5) is 10.1 Å². The number of piperazine rings is 1. The Labute approximate surface area is 152 Å². The number of halogens is 3. The first-order valence-corrected chi connectivity index (χ1v) is 7.03. The standard InChI is InChI=1S/C14H20FN3O4.2ClH/c1-21-13-7-10(11(18(19)20)8-14(13)22-2)12(9-15)17-5-3-16-4-6-17;;/h7-8,12,16H,3-6,9H2,1-2H3;2*1H/t12-;;/m0../s1. The molecule has 2 rings (SSSR count). The van der Waals surface area contributed by atoms with Crippen LogP contribution < -0.4 is 14.8 Å². The molecule has 1 saturated heterocycles. The van der Waals surface area contributed by atoms with Gasteiger partial charge in [0, 0.05) is 26.2 Å². The first-order valence-electron chi connectivity index (χ1n) is 7.03. The molecule has 0 spiro atoms. The van der Waals surface area contributed by atoms with Crippen LogP contribution in [-0.4, -0.2) is 56.9 Å². The van der Waals surface area contributed by atoms with Gasteiger partial charge >= 0.3 is 0 Å². The third-order valence-corrected chi connectivity index (χ3v) is 3.83. The van der Waals surface area contributed by atoms with Gasteiger partial charge < -0.3 is 14.8 Å². The number of ether oxygens (including phenoxy) is 2. The molecule has 1 aromatic carbocycles. The highest BCUT2D eigenvalue weighted by molar-refractivity contribution is 5.85. The smallest absolute Gasteiger partial charge is 0.278 e. The van der Waals surface area contributed by atoms with Gasteiger partial charge in [-0.2, -0.15) is 0 Å². The van der Waals surface area contributed by atoms with Crippen LogP contribution in [0.1, 0.15) is 11.6 Å². The van der Waals surface area contributed by atoms with E-state index in [0.717, 1.165) is 13.1 Å². The summed E-state index contributed by atoms with van der Waals surface area (Å²) in [5, 5.41) is 14.5. The van der Waals surface area contributed by atoms with E-state index >= 15 is 0 Å². The van der Waals surface area contributed by atoms with Crippen molar-refractivity contribution in [3.63, 3.8) is 0 Å². The lowest BCUT2D eigenvalue weighted by molar-refractivity contribution is -0.386. The Balaban J connectivity index is 0.00000264. The maximum atomic E-state index is 13.6. The number of hydrogen-bond acceptors (Lipinski definition) is 6. The zero-order chi connectivity index (χ0) is 16.1. The predicted molar refractivity (Wildman–Crippen MR) is 93.9 cm³/mol. The summed E-state index contributed by atoms with van der Waals surface area (Å²) >= 11 is 0. The number of rotatable bonds is 6. The van der Waals surface area contributed by atoms with Crippen molar-refractivity contribution in [3.05, 3.63) is 27.8 Å². The third-order valence-electron chi connectivity index (χ3n) is 3.83. The van der Waals surface area contributed by atoms with E-state index in [4.69, 9.17) is 9.47 Å². The summed E-state index contributed by atoms with van der Waals surface area (Å²) in [6.45, 7) is 2.05. The molecule has 1 aromatic rings. The Morgan fingerprint density at radius 1 is 1.25 bits per heavy atom. The molecular formula is C14H22Cl2FN3O4. The minimum absolute atomic E-state index is 0. The molecule has 1 aliphatic rings. The molecule has 0 bridgehead atoms. The quantitative estimate of drug-likeness (QED) is 0.598. The molecule has 0 unspecified atom stereocenters. The minimum Gasteiger partial charge on any atom is -0.493 e. The lowest BCUT2D eigenvalue weighted by Crippen LogP contribution is -2.45. The predicted octanol–water partition coefficient (Wildman–Crippen LogP) is 2.37. The molecule has 1 fully saturated rings. The van der Waals surface area contributed by atoms with Crippen molar-refractivity contribution in [1.82, 2.24) is 10.2 Å². The molecule has 1 atom stereocenters. The molecule has 1 aliphatic heterocycles. The summed E-state index contributed by atoms with van der Waals surface area (Å²) in [5.41, 5.74) is 0.158. The Bertz CT molecular complexity index is 545. The second-order valence-electron chi connectivity index (χ2n) is 4.98. The second-order valence-corrected chi connectivity index (χ2v) is 4.98. The summed E-state index contributed by atoms with van der Waals surface area (Å²) in [6.07, 6.45) is 0. The molecule has 10 heteroatoms. The van der Waals surface area contributed by atoms with Crippen LogP contribution in [0.25, 0.3) is 0 Å². The van der Waals surface area contributed by atoms with E-state index in [9.17, 15) is 14.5 Å². The second kappa shape index (κ2) is 10.5. The monoisotopic (exact) mass is 385 g/mol. The lowest BCUT2D eigenvalue weighted by Gasteiger charge is -2.33. The fourth-order valence-electron chi connectivity index (χ4n) is 2.68. The van der Waals surface area contributed by atoms with Gasteiger partial charge in [-0.25, -0.2) is 4.39 Å². The number of nitro benzene ring substituents is 1. The van der Waals surface area contributed by atoms with Crippen molar-refractivity contribution in [2.45, 2.75) is 6.04 Å². The topological polar surface area (TPSA) is 76.9 Å². The molecule has 24 heavy (non-hydrogen) atoms. The molecule has 0 amide bonds. The van der Waals surface area contributed by atoms with E-state index in [0.29, 0.717) is 24.4 Å². The first kappa shape index (κ1) is 22.6. The molecular weight excluding hydrogens is 364 g/mol. The zero-order valence-corrected chi connectivity index (χ0v) is 15.1. The van der Waals surface area contributed by atoms with Crippen molar-refractivity contribution >= 4 is 30.5 Å². The lowest BCUT2D eigenvalue weighted by atomic mass is 10.0. The average Bonchev–Trinajstić information content (AvgIpc) is 2.55. The zero-order valence-electron chi connectivity index (χ0n) is 13.5. The largest absolute Gasteiger partial charge is 0.493 e. The number of alkyl halides is 1. The molecule has 0 radical (unpaired) electrons. The summed E-state index contributed by atoms with van der Waals surface area (Å²) in [7, 11) is 2.85. The van der Waals surface area contributed by atoms with Crippen LogP contribution in [-0.2, 0) is 0 Å². The highest BCUT2D eigenvalue weighted by Crippen LogP contribution is 2.39. The molecule has 0 saturated carbocycles. The van der Waals surface area contributed by atoms with E-state index in [1.807, 2.05) is 4.90 Å². The van der Waals surface area contributed by atoms with Crippen LogP contribution in [0.2, 0.25) is 0 Å². The fourth-order valence-corrected chi connectivity index (χ4v) is 2.68. The Hall–Kier alpha value is -1.35. The van der Waals surface area contributed by atoms with Gasteiger partial charge in [-0.15, -0.1) is 24.8 Å². The number of nitrogens with one attached hydrogen (secondary N) is 1. The minimum atomic E-state index is -0.698. The summed E-state index contributed by atoms with van der Waals surface area (Å²) in [4.78, 5) is 12.7. The van der Waals surface area contributed by atoms with Gasteiger partial charge in [0.2, 0.25) is 0 Å². The van der Waals surface area contributed by atoms with Crippen molar-refractivity contribution in [3.8, 4) is 11.5 Å². The van der Waals surface area contributed by atoms with E-state index < -0.39 is 17.6 Å². The molecule has 138 valence electrons. The number of hydrogen-bond donors (Lipinski definition) is 1. The number of methoxy groups -OCH3 is 2. The van der Waals surface area contributed by atoms with Crippen molar-refractivity contribution < 1.29 is 18.8 Å². The molecule has 1 heterocycles. The van der Waals surface area contributed by atoms with Gasteiger partial charge in [0.25, 0.3) is 5.69 Å².